The topological polar surface area (TPSA) is 86.5 Å². The minimum absolute atomic E-state index is 0.0731. The maximum Gasteiger partial charge on any atom is 0.234 e. The first-order chi connectivity index (χ1) is 12.0. The SMILES string of the molecule is COc1ccc2c(c1)nc(S(=O)Cc1ncc(C)c(OC)c1C)n2O. The normalized spacial score (nSPS) is 12.3. The van der Waals surface area contributed by atoms with Crippen LogP contribution in [0.2, 0.25) is 0 Å². The van der Waals surface area contributed by atoms with Gasteiger partial charge in [0.15, 0.2) is 0 Å². The van der Waals surface area contributed by atoms with Crippen molar-refractivity contribution in [2.24, 2.45) is 0 Å². The van der Waals surface area contributed by atoms with Crippen LogP contribution in [-0.2, 0) is 16.6 Å². The molecule has 0 radical (unpaired) electrons. The van der Waals surface area contributed by atoms with E-state index in [2.05, 4.69) is 9.97 Å². The molecule has 1 aromatic carbocycles. The first kappa shape index (κ1) is 17.2. The van der Waals surface area contributed by atoms with Gasteiger partial charge in [0, 0.05) is 23.4 Å². The zero-order valence-corrected chi connectivity index (χ0v) is 15.3. The van der Waals surface area contributed by atoms with Gasteiger partial charge in [0.25, 0.3) is 0 Å². The second-order valence-corrected chi connectivity index (χ2v) is 6.94. The number of fused-ring (bicyclic) bond motifs is 1. The van der Waals surface area contributed by atoms with Gasteiger partial charge < -0.3 is 14.7 Å². The van der Waals surface area contributed by atoms with Crippen LogP contribution in [-0.4, -0.2) is 38.3 Å². The van der Waals surface area contributed by atoms with Gasteiger partial charge in [0.1, 0.15) is 17.0 Å². The second kappa shape index (κ2) is 6.72. The third kappa shape index (κ3) is 3.05. The number of hydrogen-bond donors (Lipinski definition) is 1. The lowest BCUT2D eigenvalue weighted by Crippen LogP contribution is -2.08. The second-order valence-electron chi connectivity index (χ2n) is 5.60. The molecular formula is C17H19N3O4S. The molecule has 1 unspecified atom stereocenters. The van der Waals surface area contributed by atoms with Crippen LogP contribution in [0.5, 0.6) is 11.5 Å². The number of ether oxygens (including phenoxy) is 2. The van der Waals surface area contributed by atoms with Gasteiger partial charge in [-0.15, -0.1) is 0 Å². The van der Waals surface area contributed by atoms with Crippen molar-refractivity contribution in [1.29, 1.82) is 0 Å². The van der Waals surface area contributed by atoms with Crippen LogP contribution in [0.1, 0.15) is 16.8 Å². The largest absolute Gasteiger partial charge is 0.497 e. The Morgan fingerprint density at radius 2 is 2.00 bits per heavy atom. The fourth-order valence-electron chi connectivity index (χ4n) is 2.70. The Labute approximate surface area is 147 Å². The van der Waals surface area contributed by atoms with E-state index in [0.717, 1.165) is 21.6 Å². The summed E-state index contributed by atoms with van der Waals surface area (Å²) >= 11 is 0. The minimum atomic E-state index is -1.57. The summed E-state index contributed by atoms with van der Waals surface area (Å²) in [6.07, 6.45) is 1.69. The fraction of sp³-hybridized carbons (Fsp3) is 0.294. The maximum absolute atomic E-state index is 12.8. The van der Waals surface area contributed by atoms with Gasteiger partial charge in [-0.2, -0.15) is 4.73 Å². The van der Waals surface area contributed by atoms with Crippen molar-refractivity contribution in [2.75, 3.05) is 14.2 Å². The number of hydrogen-bond acceptors (Lipinski definition) is 6. The van der Waals surface area contributed by atoms with Crippen LogP contribution in [0.25, 0.3) is 11.0 Å². The lowest BCUT2D eigenvalue weighted by Gasteiger charge is -2.11. The third-order valence-corrected chi connectivity index (χ3v) is 5.24. The Bertz CT molecular complexity index is 968. The lowest BCUT2D eigenvalue weighted by molar-refractivity contribution is 0.171. The smallest absolute Gasteiger partial charge is 0.234 e. The summed E-state index contributed by atoms with van der Waals surface area (Å²) in [5.74, 6) is 1.47. The van der Waals surface area contributed by atoms with E-state index in [1.54, 1.807) is 38.6 Å². The Morgan fingerprint density at radius 1 is 1.24 bits per heavy atom. The molecule has 3 rings (SSSR count). The first-order valence-corrected chi connectivity index (χ1v) is 8.91. The van der Waals surface area contributed by atoms with E-state index in [4.69, 9.17) is 9.47 Å². The molecule has 0 fully saturated rings. The van der Waals surface area contributed by atoms with Crippen LogP contribution in [0.15, 0.2) is 29.6 Å². The van der Waals surface area contributed by atoms with Gasteiger partial charge in [0.2, 0.25) is 5.16 Å². The number of aryl methyl sites for hydroxylation is 1. The number of aromatic nitrogens is 3. The maximum atomic E-state index is 12.8. The molecule has 3 aromatic rings. The van der Waals surface area contributed by atoms with E-state index in [9.17, 15) is 9.42 Å². The predicted molar refractivity (Wildman–Crippen MR) is 93.8 cm³/mol. The van der Waals surface area contributed by atoms with E-state index in [0.29, 0.717) is 22.5 Å². The average Bonchev–Trinajstić information content (AvgIpc) is 2.94. The number of imidazole rings is 1. The standard InChI is InChI=1S/C17H19N3O4S/c1-10-8-18-14(11(2)16(10)24-4)9-25(22)17-19-13-7-12(23-3)5-6-15(13)20(17)21/h5-8,21H,9H2,1-4H3. The predicted octanol–water partition coefficient (Wildman–Crippen LogP) is 2.61. The Hall–Kier alpha value is -2.61. The van der Waals surface area contributed by atoms with Gasteiger partial charge >= 0.3 is 0 Å². The van der Waals surface area contributed by atoms with Gasteiger partial charge in [-0.1, -0.05) is 0 Å². The van der Waals surface area contributed by atoms with Gasteiger partial charge in [-0.3, -0.25) is 9.19 Å². The number of methoxy groups -OCH3 is 2. The molecule has 2 heterocycles. The summed E-state index contributed by atoms with van der Waals surface area (Å²) in [7, 11) is 1.57. The van der Waals surface area contributed by atoms with Crippen molar-refractivity contribution in [1.82, 2.24) is 14.7 Å². The molecule has 132 valence electrons. The minimum Gasteiger partial charge on any atom is -0.497 e. The van der Waals surface area contributed by atoms with Crippen molar-refractivity contribution in [3.05, 3.63) is 41.2 Å². The van der Waals surface area contributed by atoms with Crippen molar-refractivity contribution in [3.8, 4) is 11.5 Å². The van der Waals surface area contributed by atoms with E-state index in [-0.39, 0.29) is 10.9 Å². The summed E-state index contributed by atoms with van der Waals surface area (Å²) in [5.41, 5.74) is 3.37. The molecule has 1 atom stereocenters. The fourth-order valence-corrected chi connectivity index (χ4v) is 3.86. The Morgan fingerprint density at radius 3 is 2.68 bits per heavy atom. The summed E-state index contributed by atoms with van der Waals surface area (Å²) in [6, 6.07) is 5.06. The van der Waals surface area contributed by atoms with Crippen LogP contribution in [0, 0.1) is 13.8 Å². The molecule has 8 heteroatoms. The summed E-state index contributed by atoms with van der Waals surface area (Å²) in [5, 5.41) is 10.4. The highest BCUT2D eigenvalue weighted by atomic mass is 32.2. The van der Waals surface area contributed by atoms with Gasteiger partial charge in [-0.25, -0.2) is 4.98 Å². The zero-order chi connectivity index (χ0) is 18.1. The highest BCUT2D eigenvalue weighted by Crippen LogP contribution is 2.27. The summed E-state index contributed by atoms with van der Waals surface area (Å²) in [6.45, 7) is 3.78. The number of pyridine rings is 1. The summed E-state index contributed by atoms with van der Waals surface area (Å²) < 4.78 is 24.1. The molecule has 0 aliphatic heterocycles. The molecule has 0 amide bonds. The Balaban J connectivity index is 1.97. The Kier molecular flexibility index (Phi) is 4.63. The molecular weight excluding hydrogens is 342 g/mol. The van der Waals surface area contributed by atoms with Gasteiger partial charge in [-0.05, 0) is 26.0 Å². The van der Waals surface area contributed by atoms with E-state index in [1.807, 2.05) is 13.8 Å². The summed E-state index contributed by atoms with van der Waals surface area (Å²) in [4.78, 5) is 8.63. The van der Waals surface area contributed by atoms with Crippen LogP contribution < -0.4 is 9.47 Å². The molecule has 0 aliphatic carbocycles. The number of benzene rings is 1. The number of nitrogens with zero attached hydrogens (tertiary/aromatic N) is 3. The molecule has 1 N–H and O–H groups in total. The molecule has 25 heavy (non-hydrogen) atoms. The highest BCUT2D eigenvalue weighted by molar-refractivity contribution is 7.84. The molecule has 0 saturated carbocycles. The lowest BCUT2D eigenvalue weighted by atomic mass is 10.1. The monoisotopic (exact) mass is 361 g/mol. The molecule has 0 saturated heterocycles. The van der Waals surface area contributed by atoms with Crippen LogP contribution in [0.3, 0.4) is 0 Å². The zero-order valence-electron chi connectivity index (χ0n) is 14.4. The highest BCUT2D eigenvalue weighted by Gasteiger charge is 2.19. The first-order valence-electron chi connectivity index (χ1n) is 7.59. The average molecular weight is 361 g/mol. The molecule has 7 nitrogen and oxygen atoms in total. The molecule has 0 bridgehead atoms. The quantitative estimate of drug-likeness (QED) is 0.703. The number of rotatable bonds is 5. The van der Waals surface area contributed by atoms with E-state index >= 15 is 0 Å². The molecule has 2 aromatic heterocycles. The van der Waals surface area contributed by atoms with Crippen molar-refractivity contribution >= 4 is 21.8 Å². The molecule has 0 spiro atoms. The van der Waals surface area contributed by atoms with Crippen molar-refractivity contribution < 1.29 is 18.9 Å². The van der Waals surface area contributed by atoms with E-state index in [1.165, 1.54) is 0 Å². The van der Waals surface area contributed by atoms with Gasteiger partial charge in [0.05, 0.1) is 42.0 Å². The van der Waals surface area contributed by atoms with Crippen molar-refractivity contribution in [3.63, 3.8) is 0 Å². The molecule has 0 aliphatic rings. The van der Waals surface area contributed by atoms with Crippen LogP contribution >= 0.6 is 0 Å². The third-order valence-electron chi connectivity index (χ3n) is 4.03. The van der Waals surface area contributed by atoms with E-state index < -0.39 is 10.8 Å². The van der Waals surface area contributed by atoms with Crippen LogP contribution in [0.4, 0.5) is 0 Å². The van der Waals surface area contributed by atoms with Crippen molar-refractivity contribution in [2.45, 2.75) is 24.8 Å².